The van der Waals surface area contributed by atoms with E-state index in [1.165, 1.54) is 6.42 Å². The number of carbonyl (C=O) groups excluding carboxylic acids is 2. The van der Waals surface area contributed by atoms with Gasteiger partial charge in [0.1, 0.15) is 0 Å². The molecule has 1 aromatic rings. The zero-order valence-corrected chi connectivity index (χ0v) is 18.5. The molecule has 0 spiro atoms. The van der Waals surface area contributed by atoms with Gasteiger partial charge in [-0.1, -0.05) is 57.0 Å². The van der Waals surface area contributed by atoms with Crippen molar-refractivity contribution in [2.24, 2.45) is 29.4 Å². The summed E-state index contributed by atoms with van der Waals surface area (Å²) in [5, 5.41) is 6.48. The highest BCUT2D eigenvalue weighted by Crippen LogP contribution is 2.38. The average Bonchev–Trinajstić information content (AvgIpc) is 2.64. The fraction of sp³-hybridized carbons (Fsp3) is 0.619. The summed E-state index contributed by atoms with van der Waals surface area (Å²) in [5.74, 6) is 1.25. The Morgan fingerprint density at radius 1 is 1.25 bits per heavy atom. The van der Waals surface area contributed by atoms with Crippen LogP contribution in [0.4, 0.5) is 0 Å². The number of amides is 2. The van der Waals surface area contributed by atoms with E-state index < -0.39 is 6.04 Å². The van der Waals surface area contributed by atoms with Crippen LogP contribution >= 0.6 is 24.0 Å². The normalized spacial score (nSPS) is 22.9. The number of halogens is 2. The van der Waals surface area contributed by atoms with Crippen LogP contribution in [-0.4, -0.2) is 24.9 Å². The molecule has 158 valence electrons. The van der Waals surface area contributed by atoms with E-state index in [-0.39, 0.29) is 36.7 Å². The molecule has 0 radical (unpaired) electrons. The van der Waals surface area contributed by atoms with E-state index >= 15 is 0 Å². The van der Waals surface area contributed by atoms with Crippen molar-refractivity contribution < 1.29 is 9.59 Å². The topological polar surface area (TPSA) is 84.2 Å². The molecule has 7 heteroatoms. The Kier molecular flexibility index (Phi) is 10.3. The summed E-state index contributed by atoms with van der Waals surface area (Å²) in [5.41, 5.74) is 6.22. The number of nitrogens with one attached hydrogen (secondary N) is 2. The van der Waals surface area contributed by atoms with E-state index in [1.54, 1.807) is 6.07 Å². The number of rotatable bonds is 7. The monoisotopic (exact) mass is 429 g/mol. The van der Waals surface area contributed by atoms with Crippen LogP contribution < -0.4 is 16.4 Å². The van der Waals surface area contributed by atoms with Gasteiger partial charge in [0.2, 0.25) is 11.8 Å². The lowest BCUT2D eigenvalue weighted by atomic mass is 9.70. The predicted molar refractivity (Wildman–Crippen MR) is 116 cm³/mol. The Bertz CT molecular complexity index is 654. The molecule has 28 heavy (non-hydrogen) atoms. The van der Waals surface area contributed by atoms with Crippen LogP contribution in [0.25, 0.3) is 0 Å². The van der Waals surface area contributed by atoms with Crippen molar-refractivity contribution in [1.29, 1.82) is 0 Å². The summed E-state index contributed by atoms with van der Waals surface area (Å²) in [6, 6.07) is 6.93. The Hall–Kier alpha value is -1.30. The largest absolute Gasteiger partial charge is 0.353 e. The molecular weight excluding hydrogens is 397 g/mol. The lowest BCUT2D eigenvalue weighted by molar-refractivity contribution is -0.129. The summed E-state index contributed by atoms with van der Waals surface area (Å²) in [7, 11) is 0. The molecule has 0 heterocycles. The molecule has 1 saturated carbocycles. The summed E-state index contributed by atoms with van der Waals surface area (Å²) < 4.78 is 0. The molecule has 0 aliphatic heterocycles. The molecule has 1 aromatic carbocycles. The molecular formula is C21H33Cl2N3O2. The molecule has 2 amide bonds. The van der Waals surface area contributed by atoms with E-state index in [2.05, 4.69) is 31.4 Å². The van der Waals surface area contributed by atoms with Gasteiger partial charge in [0, 0.05) is 17.5 Å². The van der Waals surface area contributed by atoms with E-state index in [1.807, 2.05) is 18.2 Å². The highest BCUT2D eigenvalue weighted by molar-refractivity contribution is 6.31. The van der Waals surface area contributed by atoms with Gasteiger partial charge < -0.3 is 16.4 Å². The minimum absolute atomic E-state index is 0. The highest BCUT2D eigenvalue weighted by Gasteiger charge is 2.35. The van der Waals surface area contributed by atoms with Crippen LogP contribution in [0, 0.1) is 23.7 Å². The van der Waals surface area contributed by atoms with Crippen molar-refractivity contribution >= 4 is 35.8 Å². The first-order valence-electron chi connectivity index (χ1n) is 9.85. The van der Waals surface area contributed by atoms with Gasteiger partial charge in [-0.2, -0.15) is 0 Å². The first kappa shape index (κ1) is 24.7. The van der Waals surface area contributed by atoms with Gasteiger partial charge in [-0.25, -0.2) is 0 Å². The summed E-state index contributed by atoms with van der Waals surface area (Å²) in [6.07, 6.45) is 3.19. The molecule has 0 bridgehead atoms. The fourth-order valence-electron chi connectivity index (χ4n) is 4.09. The maximum Gasteiger partial charge on any atom is 0.234 e. The van der Waals surface area contributed by atoms with E-state index in [0.717, 1.165) is 18.4 Å². The van der Waals surface area contributed by atoms with Crippen LogP contribution in [0.1, 0.15) is 51.6 Å². The molecule has 5 nitrogen and oxygen atoms in total. The molecule has 4 atom stereocenters. The van der Waals surface area contributed by atoms with Gasteiger partial charge in [0.25, 0.3) is 0 Å². The van der Waals surface area contributed by atoms with Crippen LogP contribution in [0.15, 0.2) is 24.3 Å². The molecule has 0 aromatic heterocycles. The maximum absolute atomic E-state index is 13.0. The number of benzene rings is 1. The van der Waals surface area contributed by atoms with Crippen molar-refractivity contribution in [3.8, 4) is 0 Å². The minimum atomic E-state index is -0.405. The Morgan fingerprint density at radius 2 is 1.93 bits per heavy atom. The van der Waals surface area contributed by atoms with Crippen LogP contribution in [0.5, 0.6) is 0 Å². The Labute approximate surface area is 179 Å². The smallest absolute Gasteiger partial charge is 0.234 e. The quantitative estimate of drug-likeness (QED) is 0.617. The second kappa shape index (κ2) is 11.6. The van der Waals surface area contributed by atoms with Crippen molar-refractivity contribution in [3.63, 3.8) is 0 Å². The fourth-order valence-corrected chi connectivity index (χ4v) is 4.35. The number of carbonyl (C=O) groups is 2. The lowest BCUT2D eigenvalue weighted by Crippen LogP contribution is -2.44. The SMILES string of the molecule is CC(C)[C@@H]1CC[C@@H](C)C[C@H]1C(=O)NC[C@@H](NC(=O)CN)c1ccccc1Cl.Cl. The third-order valence-electron chi connectivity index (χ3n) is 5.64. The molecule has 4 N–H and O–H groups in total. The Balaban J connectivity index is 0.00000392. The standard InChI is InChI=1S/C21H32ClN3O2.ClH/c1-13(2)15-9-8-14(3)10-17(15)21(27)24-12-19(25-20(26)11-23)16-6-4-5-7-18(16)22;/h4-7,13-15,17,19H,8-12,23H2,1-3H3,(H,24,27)(H,25,26);1H/t14-,15+,17-,19-;/m1./s1. The summed E-state index contributed by atoms with van der Waals surface area (Å²) >= 11 is 6.30. The Morgan fingerprint density at radius 3 is 2.54 bits per heavy atom. The maximum atomic E-state index is 13.0. The molecule has 0 unspecified atom stereocenters. The van der Waals surface area contributed by atoms with Crippen LogP contribution in [0.3, 0.4) is 0 Å². The minimum Gasteiger partial charge on any atom is -0.353 e. The second-order valence-corrected chi connectivity index (χ2v) is 8.43. The van der Waals surface area contributed by atoms with Crippen molar-refractivity contribution in [1.82, 2.24) is 10.6 Å². The predicted octanol–water partition coefficient (Wildman–Crippen LogP) is 3.70. The highest BCUT2D eigenvalue weighted by atomic mass is 35.5. The summed E-state index contributed by atoms with van der Waals surface area (Å²) in [4.78, 5) is 24.8. The molecule has 0 saturated heterocycles. The third kappa shape index (κ3) is 6.64. The number of nitrogens with two attached hydrogens (primary N) is 1. The molecule has 2 rings (SSSR count). The first-order valence-corrected chi connectivity index (χ1v) is 10.2. The van der Waals surface area contributed by atoms with Gasteiger partial charge in [0.15, 0.2) is 0 Å². The lowest BCUT2D eigenvalue weighted by Gasteiger charge is -2.36. The molecule has 1 aliphatic rings. The summed E-state index contributed by atoms with van der Waals surface area (Å²) in [6.45, 7) is 6.78. The van der Waals surface area contributed by atoms with Gasteiger partial charge in [-0.15, -0.1) is 12.4 Å². The van der Waals surface area contributed by atoms with Gasteiger partial charge in [0.05, 0.1) is 12.6 Å². The van der Waals surface area contributed by atoms with Crippen LogP contribution in [-0.2, 0) is 9.59 Å². The average molecular weight is 430 g/mol. The number of hydrogen-bond acceptors (Lipinski definition) is 3. The van der Waals surface area contributed by atoms with Gasteiger partial charge >= 0.3 is 0 Å². The van der Waals surface area contributed by atoms with Crippen molar-refractivity contribution in [2.45, 2.75) is 46.1 Å². The zero-order chi connectivity index (χ0) is 20.0. The van der Waals surface area contributed by atoms with E-state index in [4.69, 9.17) is 17.3 Å². The second-order valence-electron chi connectivity index (χ2n) is 8.02. The van der Waals surface area contributed by atoms with Gasteiger partial charge in [-0.3, -0.25) is 9.59 Å². The molecule has 1 aliphatic carbocycles. The zero-order valence-electron chi connectivity index (χ0n) is 16.9. The van der Waals surface area contributed by atoms with Crippen molar-refractivity contribution in [3.05, 3.63) is 34.9 Å². The van der Waals surface area contributed by atoms with E-state index in [9.17, 15) is 9.59 Å². The number of hydrogen-bond donors (Lipinski definition) is 3. The van der Waals surface area contributed by atoms with Crippen molar-refractivity contribution in [2.75, 3.05) is 13.1 Å². The van der Waals surface area contributed by atoms with Crippen LogP contribution in [0.2, 0.25) is 5.02 Å². The van der Waals surface area contributed by atoms with Gasteiger partial charge in [-0.05, 0) is 42.2 Å². The van der Waals surface area contributed by atoms with E-state index in [0.29, 0.717) is 29.3 Å². The molecule has 1 fully saturated rings. The third-order valence-corrected chi connectivity index (χ3v) is 5.98. The first-order chi connectivity index (χ1) is 12.8.